The van der Waals surface area contributed by atoms with E-state index in [1.807, 2.05) is 13.8 Å². The molecule has 0 spiro atoms. The zero-order chi connectivity index (χ0) is 20.4. The highest BCUT2D eigenvalue weighted by Gasteiger charge is 2.35. The predicted octanol–water partition coefficient (Wildman–Crippen LogP) is 4.09. The first kappa shape index (κ1) is 21.0. The van der Waals surface area contributed by atoms with Gasteiger partial charge >= 0.3 is 6.18 Å². The lowest BCUT2D eigenvalue weighted by atomic mass is 9.94. The molecule has 1 amide bonds. The zero-order valence-electron chi connectivity index (χ0n) is 15.6. The van der Waals surface area contributed by atoms with Crippen LogP contribution in [0.1, 0.15) is 38.7 Å². The van der Waals surface area contributed by atoms with Crippen LogP contribution in [0, 0.1) is 16.0 Å². The second kappa shape index (κ2) is 8.14. The summed E-state index contributed by atoms with van der Waals surface area (Å²) < 4.78 is 38.5. The number of carbonyl (C=O) groups excluding carboxylic acids is 1. The van der Waals surface area contributed by atoms with Crippen LogP contribution in [0.25, 0.3) is 0 Å². The summed E-state index contributed by atoms with van der Waals surface area (Å²) in [6, 6.07) is 2.71. The van der Waals surface area contributed by atoms with Gasteiger partial charge in [-0.2, -0.15) is 13.2 Å². The summed E-state index contributed by atoms with van der Waals surface area (Å²) in [6.45, 7) is 4.74. The first-order chi connectivity index (χ1) is 12.6. The van der Waals surface area contributed by atoms with Crippen molar-refractivity contribution in [1.29, 1.82) is 0 Å². The molecule has 0 saturated carbocycles. The van der Waals surface area contributed by atoms with E-state index in [9.17, 15) is 28.1 Å². The summed E-state index contributed by atoms with van der Waals surface area (Å²) in [6.07, 6.45) is -2.77. The van der Waals surface area contributed by atoms with Crippen LogP contribution < -0.4 is 4.90 Å². The summed E-state index contributed by atoms with van der Waals surface area (Å²) in [7, 11) is 1.77. The Labute approximate surface area is 156 Å². The van der Waals surface area contributed by atoms with Gasteiger partial charge in [-0.1, -0.05) is 6.92 Å². The fourth-order valence-corrected chi connectivity index (χ4v) is 3.26. The number of halogens is 3. The highest BCUT2D eigenvalue weighted by molar-refractivity contribution is 5.79. The van der Waals surface area contributed by atoms with Crippen LogP contribution >= 0.6 is 0 Å². The summed E-state index contributed by atoms with van der Waals surface area (Å²) in [5, 5.41) is 11.3. The van der Waals surface area contributed by atoms with Crippen molar-refractivity contribution in [2.45, 2.75) is 45.3 Å². The first-order valence-electron chi connectivity index (χ1n) is 8.93. The molecular weight excluding hydrogens is 363 g/mol. The Bertz CT molecular complexity index is 701. The van der Waals surface area contributed by atoms with Crippen molar-refractivity contribution in [3.8, 4) is 0 Å². The van der Waals surface area contributed by atoms with Crippen molar-refractivity contribution in [3.05, 3.63) is 33.9 Å². The zero-order valence-corrected chi connectivity index (χ0v) is 15.6. The van der Waals surface area contributed by atoms with Gasteiger partial charge in [0.25, 0.3) is 5.69 Å². The lowest BCUT2D eigenvalue weighted by molar-refractivity contribution is -0.384. The van der Waals surface area contributed by atoms with Gasteiger partial charge < -0.3 is 9.80 Å². The number of alkyl halides is 3. The first-order valence-corrected chi connectivity index (χ1v) is 8.93. The van der Waals surface area contributed by atoms with Gasteiger partial charge in [0.05, 0.1) is 10.5 Å². The standard InChI is InChI=1S/C18H24F3N3O3/c1-4-12(2)22(3)17(25)13-7-9-23(10-8-13)15-6-5-14(18(19,20)21)11-16(15)24(26)27/h5-6,11-13H,4,7-10H2,1-3H3. The van der Waals surface area contributed by atoms with Crippen LogP contribution in [0.3, 0.4) is 0 Å². The van der Waals surface area contributed by atoms with Crippen molar-refractivity contribution in [2.24, 2.45) is 5.92 Å². The van der Waals surface area contributed by atoms with E-state index in [0.717, 1.165) is 18.6 Å². The topological polar surface area (TPSA) is 66.7 Å². The monoisotopic (exact) mass is 387 g/mol. The third-order valence-electron chi connectivity index (χ3n) is 5.28. The van der Waals surface area contributed by atoms with E-state index >= 15 is 0 Å². The Morgan fingerprint density at radius 2 is 1.96 bits per heavy atom. The molecule has 1 aliphatic rings. The Morgan fingerprint density at radius 1 is 1.37 bits per heavy atom. The van der Waals surface area contributed by atoms with E-state index in [1.165, 1.54) is 0 Å². The quantitative estimate of drug-likeness (QED) is 0.564. The number of nitrogens with zero attached hydrogens (tertiary/aromatic N) is 3. The number of hydrogen-bond acceptors (Lipinski definition) is 4. The van der Waals surface area contributed by atoms with Gasteiger partial charge in [0.2, 0.25) is 5.91 Å². The number of benzene rings is 1. The minimum atomic E-state index is -4.64. The number of anilines is 1. The van der Waals surface area contributed by atoms with Crippen LogP contribution in [-0.4, -0.2) is 41.9 Å². The van der Waals surface area contributed by atoms with Crippen LogP contribution in [0.15, 0.2) is 18.2 Å². The fourth-order valence-electron chi connectivity index (χ4n) is 3.26. The van der Waals surface area contributed by atoms with Crippen LogP contribution in [0.4, 0.5) is 24.5 Å². The third kappa shape index (κ3) is 4.70. The number of rotatable bonds is 5. The maximum atomic E-state index is 12.8. The second-order valence-electron chi connectivity index (χ2n) is 6.93. The molecule has 1 heterocycles. The van der Waals surface area contributed by atoms with E-state index in [2.05, 4.69) is 0 Å². The number of amides is 1. The van der Waals surface area contributed by atoms with Gasteiger partial charge in [-0.25, -0.2) is 0 Å². The van der Waals surface area contributed by atoms with Crippen molar-refractivity contribution < 1.29 is 22.9 Å². The van der Waals surface area contributed by atoms with E-state index in [4.69, 9.17) is 0 Å². The van der Waals surface area contributed by atoms with Crippen molar-refractivity contribution >= 4 is 17.3 Å². The molecule has 0 bridgehead atoms. The van der Waals surface area contributed by atoms with E-state index < -0.39 is 22.4 Å². The number of nitro groups is 1. The molecule has 0 N–H and O–H groups in total. The number of hydrogen-bond donors (Lipinski definition) is 0. The summed E-state index contributed by atoms with van der Waals surface area (Å²) in [4.78, 5) is 26.4. The Kier molecular flexibility index (Phi) is 6.33. The van der Waals surface area contributed by atoms with Crippen LogP contribution in [-0.2, 0) is 11.0 Å². The minimum Gasteiger partial charge on any atom is -0.366 e. The molecule has 150 valence electrons. The molecule has 2 rings (SSSR count). The number of carbonyl (C=O) groups is 1. The minimum absolute atomic E-state index is 0.0471. The molecule has 1 atom stereocenters. The molecular formula is C18H24F3N3O3. The van der Waals surface area contributed by atoms with Gasteiger partial charge in [0.1, 0.15) is 5.69 Å². The maximum Gasteiger partial charge on any atom is 0.416 e. The van der Waals surface area contributed by atoms with E-state index in [0.29, 0.717) is 32.0 Å². The molecule has 1 aliphatic heterocycles. The van der Waals surface area contributed by atoms with Gasteiger partial charge in [0.15, 0.2) is 0 Å². The molecule has 0 aliphatic carbocycles. The lowest BCUT2D eigenvalue weighted by Gasteiger charge is -2.35. The molecule has 9 heteroatoms. The summed E-state index contributed by atoms with van der Waals surface area (Å²) >= 11 is 0. The van der Waals surface area contributed by atoms with Gasteiger partial charge in [-0.05, 0) is 38.3 Å². The van der Waals surface area contributed by atoms with Gasteiger partial charge in [-0.15, -0.1) is 0 Å². The molecule has 0 radical (unpaired) electrons. The Balaban J connectivity index is 2.14. The number of piperidine rings is 1. The van der Waals surface area contributed by atoms with E-state index in [1.54, 1.807) is 16.8 Å². The largest absolute Gasteiger partial charge is 0.416 e. The van der Waals surface area contributed by atoms with Gasteiger partial charge in [-0.3, -0.25) is 14.9 Å². The summed E-state index contributed by atoms with van der Waals surface area (Å²) in [5.41, 5.74) is -1.45. The van der Waals surface area contributed by atoms with E-state index in [-0.39, 0.29) is 23.6 Å². The molecule has 1 aromatic carbocycles. The van der Waals surface area contributed by atoms with Gasteiger partial charge in [0, 0.05) is 38.2 Å². The molecule has 27 heavy (non-hydrogen) atoms. The highest BCUT2D eigenvalue weighted by atomic mass is 19.4. The second-order valence-corrected chi connectivity index (χ2v) is 6.93. The molecule has 1 saturated heterocycles. The fraction of sp³-hybridized carbons (Fsp3) is 0.611. The maximum absolute atomic E-state index is 12.8. The van der Waals surface area contributed by atoms with Crippen molar-refractivity contribution in [2.75, 3.05) is 25.0 Å². The Hall–Kier alpha value is -2.32. The number of nitro benzene ring substituents is 1. The molecule has 1 fully saturated rings. The summed E-state index contributed by atoms with van der Waals surface area (Å²) in [5.74, 6) is -0.125. The molecule has 1 aromatic rings. The van der Waals surface area contributed by atoms with Crippen molar-refractivity contribution in [1.82, 2.24) is 4.90 Å². The highest BCUT2D eigenvalue weighted by Crippen LogP contribution is 2.37. The van der Waals surface area contributed by atoms with Crippen LogP contribution in [0.2, 0.25) is 0 Å². The SMILES string of the molecule is CCC(C)N(C)C(=O)C1CCN(c2ccc(C(F)(F)F)cc2[N+](=O)[O-])CC1. The smallest absolute Gasteiger partial charge is 0.366 e. The van der Waals surface area contributed by atoms with Crippen molar-refractivity contribution in [3.63, 3.8) is 0 Å². The Morgan fingerprint density at radius 3 is 2.44 bits per heavy atom. The van der Waals surface area contributed by atoms with Crippen LogP contribution in [0.5, 0.6) is 0 Å². The molecule has 0 aromatic heterocycles. The predicted molar refractivity (Wildman–Crippen MR) is 95.6 cm³/mol. The lowest BCUT2D eigenvalue weighted by Crippen LogP contribution is -2.44. The molecule has 6 nitrogen and oxygen atoms in total. The molecule has 1 unspecified atom stereocenters. The average Bonchev–Trinajstić information content (AvgIpc) is 2.65. The third-order valence-corrected chi connectivity index (χ3v) is 5.28. The normalized spacial score (nSPS) is 16.9. The average molecular weight is 387 g/mol.